The van der Waals surface area contributed by atoms with Gasteiger partial charge in [0.05, 0.1) is 18.2 Å². The normalized spacial score (nSPS) is 11.6. The second-order valence-corrected chi connectivity index (χ2v) is 5.43. The van der Waals surface area contributed by atoms with Gasteiger partial charge in [0.2, 0.25) is 0 Å². The molecule has 6 nitrogen and oxygen atoms in total. The number of carbonyl (C=O) groups excluding carboxylic acids is 2. The second kappa shape index (κ2) is 8.79. The van der Waals surface area contributed by atoms with E-state index >= 15 is 0 Å². The SMILES string of the molecule is NC(=O)c1c(F)cccc1C[C@@H](CO)NC(=O)OCc1ccccc1. The summed E-state index contributed by atoms with van der Waals surface area (Å²) in [5.74, 6) is -1.65. The van der Waals surface area contributed by atoms with Crippen molar-refractivity contribution in [2.45, 2.75) is 19.1 Å². The van der Waals surface area contributed by atoms with Crippen LogP contribution in [0.2, 0.25) is 0 Å². The standard InChI is InChI=1S/C18H19FN2O4/c19-15-8-4-7-13(16(15)17(20)23)9-14(10-22)21-18(24)25-11-12-5-2-1-3-6-12/h1-8,14,22H,9-11H2,(H2,20,23)(H,21,24)/t14-/m0/s1. The number of carbonyl (C=O) groups is 2. The Morgan fingerprint density at radius 2 is 1.88 bits per heavy atom. The summed E-state index contributed by atoms with van der Waals surface area (Å²) in [5.41, 5.74) is 6.06. The van der Waals surface area contributed by atoms with Crippen LogP contribution in [0.25, 0.3) is 0 Å². The molecule has 1 atom stereocenters. The summed E-state index contributed by atoms with van der Waals surface area (Å²) in [6.07, 6.45) is -0.688. The van der Waals surface area contributed by atoms with Crippen LogP contribution in [-0.2, 0) is 17.8 Å². The smallest absolute Gasteiger partial charge is 0.407 e. The van der Waals surface area contributed by atoms with E-state index in [0.29, 0.717) is 5.56 Å². The number of nitrogens with one attached hydrogen (secondary N) is 1. The molecule has 0 aromatic heterocycles. The Morgan fingerprint density at radius 1 is 1.16 bits per heavy atom. The van der Waals surface area contributed by atoms with E-state index in [0.717, 1.165) is 11.6 Å². The van der Waals surface area contributed by atoms with Crippen molar-refractivity contribution in [3.05, 3.63) is 71.0 Å². The highest BCUT2D eigenvalue weighted by Gasteiger charge is 2.19. The molecular weight excluding hydrogens is 327 g/mol. The summed E-state index contributed by atoms with van der Waals surface area (Å²) in [6, 6.07) is 12.4. The number of primary amides is 1. The summed E-state index contributed by atoms with van der Waals surface area (Å²) < 4.78 is 18.8. The van der Waals surface area contributed by atoms with Crippen LogP contribution in [0, 0.1) is 5.82 Å². The van der Waals surface area contributed by atoms with Crippen molar-refractivity contribution in [3.8, 4) is 0 Å². The highest BCUT2D eigenvalue weighted by Crippen LogP contribution is 2.15. The van der Waals surface area contributed by atoms with Gasteiger partial charge >= 0.3 is 6.09 Å². The Morgan fingerprint density at radius 3 is 2.52 bits per heavy atom. The Labute approximate surface area is 144 Å². The number of hydrogen-bond acceptors (Lipinski definition) is 4. The lowest BCUT2D eigenvalue weighted by Crippen LogP contribution is -2.39. The molecule has 0 radical (unpaired) electrons. The van der Waals surface area contributed by atoms with Crippen LogP contribution in [0.15, 0.2) is 48.5 Å². The fourth-order valence-corrected chi connectivity index (χ4v) is 2.37. The van der Waals surface area contributed by atoms with Crippen LogP contribution in [-0.4, -0.2) is 29.8 Å². The molecular formula is C18H19FN2O4. The van der Waals surface area contributed by atoms with Gasteiger partial charge in [0.15, 0.2) is 0 Å². The molecule has 132 valence electrons. The van der Waals surface area contributed by atoms with Gasteiger partial charge in [0.1, 0.15) is 12.4 Å². The highest BCUT2D eigenvalue weighted by atomic mass is 19.1. The molecule has 7 heteroatoms. The molecule has 0 fully saturated rings. The summed E-state index contributed by atoms with van der Waals surface area (Å²) in [5, 5.41) is 11.9. The largest absolute Gasteiger partial charge is 0.445 e. The first-order valence-electron chi connectivity index (χ1n) is 7.66. The minimum absolute atomic E-state index is 0.0347. The fraction of sp³-hybridized carbons (Fsp3) is 0.222. The van der Waals surface area contributed by atoms with Gasteiger partial charge in [-0.3, -0.25) is 4.79 Å². The van der Waals surface area contributed by atoms with E-state index < -0.39 is 30.5 Å². The Kier molecular flexibility index (Phi) is 6.47. The number of hydrogen-bond donors (Lipinski definition) is 3. The molecule has 2 rings (SSSR count). The number of benzene rings is 2. The maximum absolute atomic E-state index is 13.8. The number of rotatable bonds is 7. The molecule has 0 unspecified atom stereocenters. The monoisotopic (exact) mass is 346 g/mol. The quantitative estimate of drug-likeness (QED) is 0.711. The third kappa shape index (κ3) is 5.29. The number of aliphatic hydroxyl groups is 1. The third-order valence-electron chi connectivity index (χ3n) is 3.57. The zero-order valence-electron chi connectivity index (χ0n) is 13.4. The minimum atomic E-state index is -0.906. The van der Waals surface area contributed by atoms with Crippen molar-refractivity contribution in [1.82, 2.24) is 5.32 Å². The predicted molar refractivity (Wildman–Crippen MR) is 89.3 cm³/mol. The number of halogens is 1. The van der Waals surface area contributed by atoms with Crippen LogP contribution in [0.1, 0.15) is 21.5 Å². The fourth-order valence-electron chi connectivity index (χ4n) is 2.37. The van der Waals surface area contributed by atoms with E-state index in [1.54, 1.807) is 0 Å². The lowest BCUT2D eigenvalue weighted by molar-refractivity contribution is 0.0995. The van der Waals surface area contributed by atoms with Gasteiger partial charge in [-0.1, -0.05) is 42.5 Å². The van der Waals surface area contributed by atoms with E-state index in [1.807, 2.05) is 30.3 Å². The van der Waals surface area contributed by atoms with E-state index in [-0.39, 0.29) is 18.6 Å². The molecule has 0 aliphatic carbocycles. The molecule has 0 aliphatic heterocycles. The molecule has 25 heavy (non-hydrogen) atoms. The van der Waals surface area contributed by atoms with Gasteiger partial charge in [-0.15, -0.1) is 0 Å². The lowest BCUT2D eigenvalue weighted by Gasteiger charge is -2.18. The van der Waals surface area contributed by atoms with Gasteiger partial charge in [0, 0.05) is 0 Å². The molecule has 0 bridgehead atoms. The highest BCUT2D eigenvalue weighted by molar-refractivity contribution is 5.94. The zero-order chi connectivity index (χ0) is 18.2. The van der Waals surface area contributed by atoms with Crippen LogP contribution in [0.3, 0.4) is 0 Å². The number of nitrogens with two attached hydrogens (primary N) is 1. The van der Waals surface area contributed by atoms with Crippen LogP contribution in [0.4, 0.5) is 9.18 Å². The van der Waals surface area contributed by atoms with Crippen LogP contribution < -0.4 is 11.1 Å². The molecule has 0 heterocycles. The number of ether oxygens (including phenoxy) is 1. The van der Waals surface area contributed by atoms with Crippen molar-refractivity contribution in [3.63, 3.8) is 0 Å². The first kappa shape index (κ1) is 18.4. The number of alkyl carbamates (subject to hydrolysis) is 1. The first-order chi connectivity index (χ1) is 12.0. The van der Waals surface area contributed by atoms with Gasteiger partial charge < -0.3 is 20.9 Å². The van der Waals surface area contributed by atoms with Crippen molar-refractivity contribution < 1.29 is 23.8 Å². The predicted octanol–water partition coefficient (Wildman–Crippen LogP) is 1.75. The minimum Gasteiger partial charge on any atom is -0.445 e. The topological polar surface area (TPSA) is 102 Å². The molecule has 2 aromatic carbocycles. The molecule has 2 amide bonds. The lowest BCUT2D eigenvalue weighted by atomic mass is 9.99. The van der Waals surface area contributed by atoms with Crippen molar-refractivity contribution in [2.24, 2.45) is 5.73 Å². The van der Waals surface area contributed by atoms with Gasteiger partial charge in [-0.05, 0) is 23.6 Å². The molecule has 0 saturated heterocycles. The molecule has 0 spiro atoms. The Balaban J connectivity index is 1.97. The summed E-state index contributed by atoms with van der Waals surface area (Å²) in [7, 11) is 0. The van der Waals surface area contributed by atoms with E-state index in [1.165, 1.54) is 12.1 Å². The summed E-state index contributed by atoms with van der Waals surface area (Å²) >= 11 is 0. The number of amides is 2. The Bertz CT molecular complexity index is 737. The third-order valence-corrected chi connectivity index (χ3v) is 3.57. The first-order valence-corrected chi connectivity index (χ1v) is 7.66. The average molecular weight is 346 g/mol. The van der Waals surface area contributed by atoms with Crippen molar-refractivity contribution >= 4 is 12.0 Å². The molecule has 0 aliphatic rings. The maximum atomic E-state index is 13.8. The Hall–Kier alpha value is -2.93. The van der Waals surface area contributed by atoms with Crippen LogP contribution in [0.5, 0.6) is 0 Å². The number of aliphatic hydroxyl groups excluding tert-OH is 1. The van der Waals surface area contributed by atoms with Crippen LogP contribution >= 0.6 is 0 Å². The second-order valence-electron chi connectivity index (χ2n) is 5.43. The van der Waals surface area contributed by atoms with E-state index in [4.69, 9.17) is 10.5 Å². The van der Waals surface area contributed by atoms with Crippen molar-refractivity contribution in [1.29, 1.82) is 0 Å². The van der Waals surface area contributed by atoms with Crippen molar-refractivity contribution in [2.75, 3.05) is 6.61 Å². The summed E-state index contributed by atoms with van der Waals surface area (Å²) in [6.45, 7) is -0.327. The average Bonchev–Trinajstić information content (AvgIpc) is 2.60. The van der Waals surface area contributed by atoms with Gasteiger partial charge in [-0.2, -0.15) is 0 Å². The molecule has 4 N–H and O–H groups in total. The zero-order valence-corrected chi connectivity index (χ0v) is 13.4. The molecule has 0 saturated carbocycles. The molecule has 2 aromatic rings. The van der Waals surface area contributed by atoms with Gasteiger partial charge in [-0.25, -0.2) is 9.18 Å². The van der Waals surface area contributed by atoms with Gasteiger partial charge in [0.25, 0.3) is 5.91 Å². The maximum Gasteiger partial charge on any atom is 0.407 e. The van der Waals surface area contributed by atoms with E-state index in [9.17, 15) is 19.1 Å². The summed E-state index contributed by atoms with van der Waals surface area (Å²) in [4.78, 5) is 23.3. The van der Waals surface area contributed by atoms with E-state index in [2.05, 4.69) is 5.32 Å².